The second kappa shape index (κ2) is 5.37. The molecule has 0 amide bonds. The summed E-state index contributed by atoms with van der Waals surface area (Å²) in [4.78, 5) is 8.28. The molecule has 1 aliphatic rings. The quantitative estimate of drug-likeness (QED) is 0.784. The molecule has 2 rings (SSSR count). The summed E-state index contributed by atoms with van der Waals surface area (Å²) in [5.41, 5.74) is 6.98. The second-order valence-corrected chi connectivity index (χ2v) is 4.42. The zero-order valence-electron chi connectivity index (χ0n) is 9.72. The number of hydrogen-bond acceptors (Lipinski definition) is 4. The lowest BCUT2D eigenvalue weighted by atomic mass is 10.2. The molecular weight excluding hydrogens is 202 g/mol. The van der Waals surface area contributed by atoms with Crippen LogP contribution in [0.15, 0.2) is 12.4 Å². The summed E-state index contributed by atoms with van der Waals surface area (Å²) < 4.78 is 5.77. The van der Waals surface area contributed by atoms with Gasteiger partial charge in [0, 0.05) is 18.8 Å². The Morgan fingerprint density at radius 2 is 2.00 bits per heavy atom. The average molecular weight is 221 g/mol. The molecule has 1 atom stereocenters. The maximum atomic E-state index is 5.95. The summed E-state index contributed by atoms with van der Waals surface area (Å²) in [6, 6.07) is 0. The maximum absolute atomic E-state index is 5.95. The highest BCUT2D eigenvalue weighted by molar-refractivity contribution is 5.05. The summed E-state index contributed by atoms with van der Waals surface area (Å²) in [7, 11) is 0. The number of hydrogen-bond donors (Lipinski definition) is 1. The molecule has 1 aromatic heterocycles. The van der Waals surface area contributed by atoms with Crippen LogP contribution in [0.1, 0.15) is 37.1 Å². The zero-order chi connectivity index (χ0) is 11.4. The van der Waals surface area contributed by atoms with Crippen molar-refractivity contribution in [1.29, 1.82) is 0 Å². The van der Waals surface area contributed by atoms with Crippen molar-refractivity contribution in [2.45, 2.75) is 51.4 Å². The van der Waals surface area contributed by atoms with Crippen LogP contribution >= 0.6 is 0 Å². The van der Waals surface area contributed by atoms with E-state index >= 15 is 0 Å². The minimum absolute atomic E-state index is 0.227. The summed E-state index contributed by atoms with van der Waals surface area (Å²) >= 11 is 0. The molecule has 0 saturated heterocycles. The van der Waals surface area contributed by atoms with E-state index in [1.165, 1.54) is 12.8 Å². The van der Waals surface area contributed by atoms with Crippen LogP contribution in [-0.4, -0.2) is 22.3 Å². The Balaban J connectivity index is 1.81. The maximum Gasteiger partial charge on any atom is 0.125 e. The summed E-state index contributed by atoms with van der Waals surface area (Å²) in [6.07, 6.45) is 9.31. The fourth-order valence-corrected chi connectivity index (χ4v) is 2.08. The summed E-state index contributed by atoms with van der Waals surface area (Å²) in [5, 5.41) is 0. The van der Waals surface area contributed by atoms with E-state index in [0.29, 0.717) is 12.5 Å². The lowest BCUT2D eigenvalue weighted by Crippen LogP contribution is -2.30. The Morgan fingerprint density at radius 3 is 2.62 bits per heavy atom. The van der Waals surface area contributed by atoms with Crippen LogP contribution in [0.4, 0.5) is 0 Å². The number of rotatable bonds is 4. The molecule has 4 heteroatoms. The molecule has 4 nitrogen and oxygen atoms in total. The van der Waals surface area contributed by atoms with Gasteiger partial charge < -0.3 is 10.5 Å². The summed E-state index contributed by atoms with van der Waals surface area (Å²) in [5.74, 6) is 0.786. The lowest BCUT2D eigenvalue weighted by molar-refractivity contribution is -0.00393. The highest BCUT2D eigenvalue weighted by atomic mass is 16.5. The first-order valence-corrected chi connectivity index (χ1v) is 5.92. The van der Waals surface area contributed by atoms with Crippen LogP contribution in [0.2, 0.25) is 0 Å². The van der Waals surface area contributed by atoms with E-state index in [2.05, 4.69) is 9.97 Å². The zero-order valence-corrected chi connectivity index (χ0v) is 9.72. The molecule has 1 unspecified atom stereocenters. The van der Waals surface area contributed by atoms with Gasteiger partial charge in [0.1, 0.15) is 12.1 Å². The molecule has 0 aromatic carbocycles. The third-order valence-corrected chi connectivity index (χ3v) is 2.94. The van der Waals surface area contributed by atoms with Crippen molar-refractivity contribution in [1.82, 2.24) is 9.97 Å². The standard InChI is InChI=1S/C12H19N3O/c1-9-14-7-10(8-15-9)6-12(13)16-11-4-2-3-5-11/h7-8,11-12H,2-6,13H2,1H3. The van der Waals surface area contributed by atoms with Crippen molar-refractivity contribution in [2.75, 3.05) is 0 Å². The SMILES string of the molecule is Cc1ncc(CC(N)OC2CCCC2)cn1. The van der Waals surface area contributed by atoms with Crippen molar-refractivity contribution < 1.29 is 4.74 Å². The molecule has 16 heavy (non-hydrogen) atoms. The molecule has 0 bridgehead atoms. The van der Waals surface area contributed by atoms with Crippen molar-refractivity contribution in [3.8, 4) is 0 Å². The molecule has 0 radical (unpaired) electrons. The smallest absolute Gasteiger partial charge is 0.125 e. The molecule has 2 N–H and O–H groups in total. The Hall–Kier alpha value is -1.00. The monoisotopic (exact) mass is 221 g/mol. The first kappa shape index (κ1) is 11.5. The molecule has 88 valence electrons. The molecule has 0 aliphatic heterocycles. The number of nitrogens with zero attached hydrogens (tertiary/aromatic N) is 2. The number of nitrogens with two attached hydrogens (primary N) is 1. The number of aryl methyl sites for hydroxylation is 1. The van der Waals surface area contributed by atoms with Gasteiger partial charge >= 0.3 is 0 Å². The molecule has 1 fully saturated rings. The highest BCUT2D eigenvalue weighted by Crippen LogP contribution is 2.21. The van der Waals surface area contributed by atoms with E-state index in [1.807, 2.05) is 19.3 Å². The number of ether oxygens (including phenoxy) is 1. The first-order valence-electron chi connectivity index (χ1n) is 5.92. The third-order valence-electron chi connectivity index (χ3n) is 2.94. The molecule has 0 spiro atoms. The number of aromatic nitrogens is 2. The van der Waals surface area contributed by atoms with E-state index in [1.54, 1.807) is 0 Å². The predicted octanol–water partition coefficient (Wildman–Crippen LogP) is 1.57. The van der Waals surface area contributed by atoms with Crippen LogP contribution in [0, 0.1) is 6.92 Å². The fraction of sp³-hybridized carbons (Fsp3) is 0.667. The molecular formula is C12H19N3O. The van der Waals surface area contributed by atoms with Crippen molar-refractivity contribution in [3.05, 3.63) is 23.8 Å². The fourth-order valence-electron chi connectivity index (χ4n) is 2.08. The van der Waals surface area contributed by atoms with Gasteiger partial charge in [-0.3, -0.25) is 0 Å². The third kappa shape index (κ3) is 3.25. The van der Waals surface area contributed by atoms with E-state index in [-0.39, 0.29) is 6.23 Å². The van der Waals surface area contributed by atoms with E-state index in [9.17, 15) is 0 Å². The van der Waals surface area contributed by atoms with Gasteiger partial charge in [0.15, 0.2) is 0 Å². The lowest BCUT2D eigenvalue weighted by Gasteiger charge is -2.17. The normalized spacial score (nSPS) is 18.9. The van der Waals surface area contributed by atoms with Crippen LogP contribution in [-0.2, 0) is 11.2 Å². The van der Waals surface area contributed by atoms with Gasteiger partial charge in [0.2, 0.25) is 0 Å². The van der Waals surface area contributed by atoms with Gasteiger partial charge in [-0.1, -0.05) is 12.8 Å². The van der Waals surface area contributed by atoms with E-state index in [4.69, 9.17) is 10.5 Å². The second-order valence-electron chi connectivity index (χ2n) is 4.42. The van der Waals surface area contributed by atoms with Gasteiger partial charge in [-0.25, -0.2) is 9.97 Å². The first-order chi connectivity index (χ1) is 7.74. The van der Waals surface area contributed by atoms with Crippen LogP contribution < -0.4 is 5.73 Å². The highest BCUT2D eigenvalue weighted by Gasteiger charge is 2.18. The van der Waals surface area contributed by atoms with Gasteiger partial charge in [-0.15, -0.1) is 0 Å². The van der Waals surface area contributed by atoms with E-state index in [0.717, 1.165) is 24.2 Å². The van der Waals surface area contributed by atoms with Crippen molar-refractivity contribution in [3.63, 3.8) is 0 Å². The van der Waals surface area contributed by atoms with Gasteiger partial charge in [0.05, 0.1) is 6.10 Å². The Bertz CT molecular complexity index is 320. The largest absolute Gasteiger partial charge is 0.360 e. The van der Waals surface area contributed by atoms with Gasteiger partial charge in [-0.2, -0.15) is 0 Å². The van der Waals surface area contributed by atoms with Gasteiger partial charge in [-0.05, 0) is 25.3 Å². The molecule has 1 aliphatic carbocycles. The Labute approximate surface area is 96.2 Å². The molecule has 1 saturated carbocycles. The van der Waals surface area contributed by atoms with E-state index < -0.39 is 0 Å². The Kier molecular flexibility index (Phi) is 3.85. The van der Waals surface area contributed by atoms with Crippen molar-refractivity contribution in [2.24, 2.45) is 5.73 Å². The topological polar surface area (TPSA) is 61.0 Å². The predicted molar refractivity (Wildman–Crippen MR) is 61.8 cm³/mol. The minimum Gasteiger partial charge on any atom is -0.360 e. The van der Waals surface area contributed by atoms with Crippen LogP contribution in [0.25, 0.3) is 0 Å². The average Bonchev–Trinajstić information content (AvgIpc) is 2.74. The van der Waals surface area contributed by atoms with Crippen LogP contribution in [0.3, 0.4) is 0 Å². The summed E-state index contributed by atoms with van der Waals surface area (Å²) in [6.45, 7) is 1.87. The minimum atomic E-state index is -0.227. The Morgan fingerprint density at radius 1 is 1.38 bits per heavy atom. The van der Waals surface area contributed by atoms with Crippen LogP contribution in [0.5, 0.6) is 0 Å². The van der Waals surface area contributed by atoms with Crippen molar-refractivity contribution >= 4 is 0 Å². The molecule has 1 aromatic rings. The molecule has 1 heterocycles. The van der Waals surface area contributed by atoms with Gasteiger partial charge in [0.25, 0.3) is 0 Å².